The van der Waals surface area contributed by atoms with Crippen LogP contribution >= 0.6 is 0 Å². The maximum absolute atomic E-state index is 12.1. The number of nitrogens with one attached hydrogen (secondary N) is 1. The Morgan fingerprint density at radius 2 is 1.91 bits per heavy atom. The third-order valence-electron chi connectivity index (χ3n) is 4.58. The molecule has 1 amide bonds. The molecule has 0 aliphatic carbocycles. The van der Waals surface area contributed by atoms with E-state index in [4.69, 9.17) is 0 Å². The first-order valence-electron chi connectivity index (χ1n) is 8.22. The van der Waals surface area contributed by atoms with Gasteiger partial charge in [-0.3, -0.25) is 14.5 Å². The zero-order valence-electron chi connectivity index (χ0n) is 14.0. The summed E-state index contributed by atoms with van der Waals surface area (Å²) in [7, 11) is 1.31. The molecule has 0 saturated carbocycles. The third kappa shape index (κ3) is 5.36. The lowest BCUT2D eigenvalue weighted by Crippen LogP contribution is -2.49. The summed E-state index contributed by atoms with van der Waals surface area (Å²) in [5, 5.41) is 2.63. The van der Waals surface area contributed by atoms with Gasteiger partial charge in [0.2, 0.25) is 5.91 Å². The Kier molecular flexibility index (Phi) is 6.59. The molecule has 1 heterocycles. The molecule has 2 rings (SSSR count). The number of hydrogen-bond acceptors (Lipinski definition) is 4. The highest BCUT2D eigenvalue weighted by Gasteiger charge is 2.26. The molecule has 1 N–H and O–H groups in total. The first-order valence-corrected chi connectivity index (χ1v) is 8.22. The average Bonchev–Trinajstić information content (AvgIpc) is 2.60. The number of amides is 1. The molecule has 0 aromatic heterocycles. The highest BCUT2D eigenvalue weighted by Crippen LogP contribution is 2.22. The van der Waals surface area contributed by atoms with Gasteiger partial charge in [0, 0.05) is 0 Å². The van der Waals surface area contributed by atoms with Crippen molar-refractivity contribution in [2.75, 3.05) is 26.7 Å². The van der Waals surface area contributed by atoms with Crippen molar-refractivity contribution in [3.05, 3.63) is 35.9 Å². The summed E-state index contributed by atoms with van der Waals surface area (Å²) in [4.78, 5) is 25.3. The van der Waals surface area contributed by atoms with Gasteiger partial charge in [0.1, 0.15) is 6.54 Å². The number of methoxy groups -OCH3 is 1. The molecule has 126 valence electrons. The minimum absolute atomic E-state index is 0.0653. The van der Waals surface area contributed by atoms with E-state index in [9.17, 15) is 9.59 Å². The van der Waals surface area contributed by atoms with Gasteiger partial charge in [-0.15, -0.1) is 0 Å². The van der Waals surface area contributed by atoms with Gasteiger partial charge in [0.15, 0.2) is 0 Å². The van der Waals surface area contributed by atoms with E-state index in [1.807, 2.05) is 13.0 Å². The Bertz CT molecular complexity index is 510. The molecule has 0 bridgehead atoms. The van der Waals surface area contributed by atoms with Crippen LogP contribution in [0.1, 0.15) is 25.3 Å². The number of carbonyl (C=O) groups excluding carboxylic acids is 2. The number of carbonyl (C=O) groups is 2. The van der Waals surface area contributed by atoms with Gasteiger partial charge in [-0.1, -0.05) is 30.3 Å². The number of piperidine rings is 1. The largest absolute Gasteiger partial charge is 0.468 e. The van der Waals surface area contributed by atoms with Crippen LogP contribution in [0.5, 0.6) is 0 Å². The van der Waals surface area contributed by atoms with Crippen LogP contribution in [0, 0.1) is 5.92 Å². The molecule has 5 nitrogen and oxygen atoms in total. The zero-order valence-corrected chi connectivity index (χ0v) is 14.0. The Balaban J connectivity index is 1.75. The van der Waals surface area contributed by atoms with Gasteiger partial charge < -0.3 is 10.1 Å². The number of hydrogen-bond donors (Lipinski definition) is 1. The SMILES string of the molecule is COC(=O)CNC(=O)C(C)N1CCC(Cc2ccccc2)CC1. The normalized spacial score (nSPS) is 17.5. The smallest absolute Gasteiger partial charge is 0.325 e. The summed E-state index contributed by atoms with van der Waals surface area (Å²) >= 11 is 0. The second kappa shape index (κ2) is 8.67. The predicted molar refractivity (Wildman–Crippen MR) is 88.9 cm³/mol. The fourth-order valence-corrected chi connectivity index (χ4v) is 3.04. The Labute approximate surface area is 138 Å². The van der Waals surface area contributed by atoms with Gasteiger partial charge in [0.25, 0.3) is 0 Å². The molecule has 0 spiro atoms. The summed E-state index contributed by atoms with van der Waals surface area (Å²) in [5.41, 5.74) is 1.38. The van der Waals surface area contributed by atoms with Crippen molar-refractivity contribution in [3.63, 3.8) is 0 Å². The predicted octanol–water partition coefficient (Wildman–Crippen LogP) is 1.62. The van der Waals surface area contributed by atoms with E-state index in [2.05, 4.69) is 39.2 Å². The molecule has 0 radical (unpaired) electrons. The number of nitrogens with zero attached hydrogens (tertiary/aromatic N) is 1. The van der Waals surface area contributed by atoms with Crippen LogP contribution in [0.25, 0.3) is 0 Å². The second-order valence-electron chi connectivity index (χ2n) is 6.14. The number of rotatable bonds is 6. The molecule has 1 aromatic carbocycles. The topological polar surface area (TPSA) is 58.6 Å². The molecule has 1 unspecified atom stereocenters. The summed E-state index contributed by atoms with van der Waals surface area (Å²) in [6.07, 6.45) is 3.31. The molecular weight excluding hydrogens is 292 g/mol. The van der Waals surface area contributed by atoms with E-state index in [1.165, 1.54) is 12.7 Å². The monoisotopic (exact) mass is 318 g/mol. The van der Waals surface area contributed by atoms with E-state index in [0.29, 0.717) is 5.92 Å². The van der Waals surface area contributed by atoms with Crippen LogP contribution < -0.4 is 5.32 Å². The maximum Gasteiger partial charge on any atom is 0.325 e. The molecule has 1 aliphatic heterocycles. The molecule has 1 aliphatic rings. The van der Waals surface area contributed by atoms with E-state index in [0.717, 1.165) is 32.4 Å². The standard InChI is InChI=1S/C18H26N2O3/c1-14(18(22)19-13-17(21)23-2)20-10-8-16(9-11-20)12-15-6-4-3-5-7-15/h3-7,14,16H,8-13H2,1-2H3,(H,19,22). The lowest BCUT2D eigenvalue weighted by molar-refractivity contribution is -0.141. The molecule has 1 saturated heterocycles. The summed E-state index contributed by atoms with van der Waals surface area (Å²) in [6.45, 7) is 3.67. The van der Waals surface area contributed by atoms with Crippen LogP contribution in [0.2, 0.25) is 0 Å². The third-order valence-corrected chi connectivity index (χ3v) is 4.58. The highest BCUT2D eigenvalue weighted by molar-refractivity contribution is 5.85. The first kappa shape index (κ1) is 17.5. The van der Waals surface area contributed by atoms with E-state index in [-0.39, 0.29) is 18.5 Å². The Morgan fingerprint density at radius 3 is 2.52 bits per heavy atom. The van der Waals surface area contributed by atoms with Crippen molar-refractivity contribution < 1.29 is 14.3 Å². The molecule has 5 heteroatoms. The number of benzene rings is 1. The van der Waals surface area contributed by atoms with E-state index < -0.39 is 5.97 Å². The van der Waals surface area contributed by atoms with Crippen molar-refractivity contribution in [1.29, 1.82) is 0 Å². The first-order chi connectivity index (χ1) is 11.1. The van der Waals surface area contributed by atoms with Crippen LogP contribution in [-0.4, -0.2) is 49.6 Å². The Hall–Kier alpha value is -1.88. The van der Waals surface area contributed by atoms with Gasteiger partial charge in [-0.25, -0.2) is 0 Å². The van der Waals surface area contributed by atoms with Crippen LogP contribution in [0.4, 0.5) is 0 Å². The fraction of sp³-hybridized carbons (Fsp3) is 0.556. The second-order valence-corrected chi connectivity index (χ2v) is 6.14. The average molecular weight is 318 g/mol. The number of likely N-dealkylation sites (tertiary alicyclic amines) is 1. The molecule has 1 atom stereocenters. The maximum atomic E-state index is 12.1. The lowest BCUT2D eigenvalue weighted by atomic mass is 9.89. The quantitative estimate of drug-likeness (QED) is 0.810. The van der Waals surface area contributed by atoms with Gasteiger partial charge in [0.05, 0.1) is 13.2 Å². The van der Waals surface area contributed by atoms with Crippen molar-refractivity contribution in [2.45, 2.75) is 32.2 Å². The van der Waals surface area contributed by atoms with Crippen LogP contribution in [0.3, 0.4) is 0 Å². The van der Waals surface area contributed by atoms with Crippen LogP contribution in [0.15, 0.2) is 30.3 Å². The van der Waals surface area contributed by atoms with Crippen molar-refractivity contribution in [1.82, 2.24) is 10.2 Å². The zero-order chi connectivity index (χ0) is 16.7. The Morgan fingerprint density at radius 1 is 1.26 bits per heavy atom. The molecular formula is C18H26N2O3. The molecule has 23 heavy (non-hydrogen) atoms. The minimum Gasteiger partial charge on any atom is -0.468 e. The highest BCUT2D eigenvalue weighted by atomic mass is 16.5. The fourth-order valence-electron chi connectivity index (χ4n) is 3.04. The molecule has 1 fully saturated rings. The van der Waals surface area contributed by atoms with Crippen molar-refractivity contribution >= 4 is 11.9 Å². The summed E-state index contributed by atoms with van der Waals surface area (Å²) in [6, 6.07) is 10.3. The van der Waals surface area contributed by atoms with Gasteiger partial charge >= 0.3 is 5.97 Å². The summed E-state index contributed by atoms with van der Waals surface area (Å²) in [5.74, 6) is 0.142. The van der Waals surface area contributed by atoms with E-state index >= 15 is 0 Å². The van der Waals surface area contributed by atoms with Gasteiger partial charge in [-0.05, 0) is 50.8 Å². The minimum atomic E-state index is -0.424. The van der Waals surface area contributed by atoms with Gasteiger partial charge in [-0.2, -0.15) is 0 Å². The van der Waals surface area contributed by atoms with E-state index in [1.54, 1.807) is 0 Å². The lowest BCUT2D eigenvalue weighted by Gasteiger charge is -2.35. The molecule has 1 aromatic rings. The summed E-state index contributed by atoms with van der Waals surface area (Å²) < 4.78 is 4.53. The number of ether oxygens (including phenoxy) is 1. The van der Waals surface area contributed by atoms with Crippen molar-refractivity contribution in [2.24, 2.45) is 5.92 Å². The van der Waals surface area contributed by atoms with Crippen LogP contribution in [-0.2, 0) is 20.7 Å². The van der Waals surface area contributed by atoms with Crippen molar-refractivity contribution in [3.8, 4) is 0 Å². The number of esters is 1.